The number of nitrogens with one attached hydrogen (secondary N) is 3. The third kappa shape index (κ3) is 9.42. The molecule has 1 heterocycles. The molecule has 3 rings (SSSR count). The molecular weight excluding hydrogens is 491 g/mol. The molecule has 0 fully saturated rings. The van der Waals surface area contributed by atoms with Gasteiger partial charge in [-0.1, -0.05) is 31.2 Å². The molecule has 1 aliphatic rings. The molecule has 0 saturated heterocycles. The molecular formula is C28H37FN4O5. The Morgan fingerprint density at radius 3 is 2.74 bits per heavy atom. The van der Waals surface area contributed by atoms with Gasteiger partial charge in [-0.15, -0.1) is 0 Å². The zero-order valence-corrected chi connectivity index (χ0v) is 21.7. The maximum Gasteiger partial charge on any atom is 0.243 e. The van der Waals surface area contributed by atoms with Gasteiger partial charge in [0, 0.05) is 25.6 Å². The van der Waals surface area contributed by atoms with Gasteiger partial charge < -0.3 is 31.5 Å². The molecule has 2 bridgehead atoms. The zero-order valence-electron chi connectivity index (χ0n) is 21.7. The third-order valence-electron chi connectivity index (χ3n) is 6.38. The van der Waals surface area contributed by atoms with Crippen LogP contribution in [0.4, 0.5) is 4.39 Å². The SMILES string of the molecule is CCc1cccc(CNC[C@@H](O)[C@@H]2Cc3cc(F)cc(c3)OCCCCC(=O)NC(CC(N)=O)C(=O)N2)c1. The van der Waals surface area contributed by atoms with E-state index in [2.05, 4.69) is 28.9 Å². The summed E-state index contributed by atoms with van der Waals surface area (Å²) in [5, 5.41) is 19.6. The molecule has 0 aromatic heterocycles. The number of hydrogen-bond donors (Lipinski definition) is 5. The van der Waals surface area contributed by atoms with E-state index in [4.69, 9.17) is 10.5 Å². The Balaban J connectivity index is 1.80. The number of primary amides is 1. The Hall–Kier alpha value is -3.50. The topological polar surface area (TPSA) is 143 Å². The van der Waals surface area contributed by atoms with Crippen molar-refractivity contribution in [1.29, 1.82) is 0 Å². The Morgan fingerprint density at radius 1 is 1.18 bits per heavy atom. The quantitative estimate of drug-likeness (QED) is 0.351. The number of carbonyl (C=O) groups is 3. The number of amides is 3. The lowest BCUT2D eigenvalue weighted by Gasteiger charge is -2.27. The van der Waals surface area contributed by atoms with Gasteiger partial charge in [-0.2, -0.15) is 0 Å². The molecule has 0 radical (unpaired) electrons. The molecule has 3 amide bonds. The minimum absolute atomic E-state index is 0.0886. The van der Waals surface area contributed by atoms with E-state index in [0.717, 1.165) is 12.0 Å². The van der Waals surface area contributed by atoms with Crippen LogP contribution in [0.25, 0.3) is 0 Å². The third-order valence-corrected chi connectivity index (χ3v) is 6.38. The van der Waals surface area contributed by atoms with E-state index >= 15 is 0 Å². The molecule has 0 aliphatic carbocycles. The van der Waals surface area contributed by atoms with Crippen LogP contribution in [0.3, 0.4) is 0 Å². The molecule has 1 aliphatic heterocycles. The van der Waals surface area contributed by atoms with E-state index in [-0.39, 0.29) is 32.4 Å². The highest BCUT2D eigenvalue weighted by molar-refractivity contribution is 5.91. The molecule has 10 heteroatoms. The Kier molecular flexibility index (Phi) is 11.0. The van der Waals surface area contributed by atoms with Crippen molar-refractivity contribution >= 4 is 17.7 Å². The van der Waals surface area contributed by atoms with Crippen molar-refractivity contribution in [2.75, 3.05) is 13.2 Å². The predicted octanol–water partition coefficient (Wildman–Crippen LogP) is 1.49. The van der Waals surface area contributed by atoms with Crippen molar-refractivity contribution in [2.45, 2.75) is 70.2 Å². The zero-order chi connectivity index (χ0) is 27.5. The van der Waals surface area contributed by atoms with Crippen LogP contribution < -0.4 is 26.4 Å². The first-order chi connectivity index (χ1) is 18.2. The number of ether oxygens (including phenoxy) is 1. The number of rotatable bonds is 8. The summed E-state index contributed by atoms with van der Waals surface area (Å²) < 4.78 is 20.0. The van der Waals surface area contributed by atoms with Crippen molar-refractivity contribution in [2.24, 2.45) is 5.73 Å². The van der Waals surface area contributed by atoms with Gasteiger partial charge in [-0.3, -0.25) is 14.4 Å². The van der Waals surface area contributed by atoms with Crippen molar-refractivity contribution in [3.05, 3.63) is 65.0 Å². The Labute approximate surface area is 222 Å². The summed E-state index contributed by atoms with van der Waals surface area (Å²) in [7, 11) is 0. The number of aryl methyl sites for hydroxylation is 1. The van der Waals surface area contributed by atoms with Crippen LogP contribution in [0.2, 0.25) is 0 Å². The lowest BCUT2D eigenvalue weighted by molar-refractivity contribution is -0.132. The van der Waals surface area contributed by atoms with Gasteiger partial charge >= 0.3 is 0 Å². The van der Waals surface area contributed by atoms with Gasteiger partial charge in [0.15, 0.2) is 0 Å². The van der Waals surface area contributed by atoms with E-state index in [1.807, 2.05) is 18.2 Å². The molecule has 2 aromatic rings. The van der Waals surface area contributed by atoms with Crippen molar-refractivity contribution in [3.63, 3.8) is 0 Å². The average Bonchev–Trinajstić information content (AvgIpc) is 2.87. The first-order valence-corrected chi connectivity index (χ1v) is 13.0. The Morgan fingerprint density at radius 2 is 1.97 bits per heavy atom. The number of hydrogen-bond acceptors (Lipinski definition) is 6. The summed E-state index contributed by atoms with van der Waals surface area (Å²) in [6.07, 6.45) is 0.683. The molecule has 1 unspecified atom stereocenters. The van der Waals surface area contributed by atoms with Gasteiger partial charge in [0.05, 0.1) is 25.2 Å². The average molecular weight is 529 g/mol. The minimum atomic E-state index is -1.19. The maximum absolute atomic E-state index is 14.4. The smallest absolute Gasteiger partial charge is 0.243 e. The highest BCUT2D eigenvalue weighted by atomic mass is 19.1. The summed E-state index contributed by atoms with van der Waals surface area (Å²) in [5.41, 5.74) is 8.09. The van der Waals surface area contributed by atoms with E-state index < -0.39 is 41.7 Å². The van der Waals surface area contributed by atoms with E-state index in [1.54, 1.807) is 6.07 Å². The van der Waals surface area contributed by atoms with Crippen molar-refractivity contribution in [1.82, 2.24) is 16.0 Å². The van der Waals surface area contributed by atoms with Gasteiger partial charge in [0.25, 0.3) is 0 Å². The summed E-state index contributed by atoms with van der Waals surface area (Å²) in [4.78, 5) is 37.1. The highest BCUT2D eigenvalue weighted by Crippen LogP contribution is 2.19. The van der Waals surface area contributed by atoms with Gasteiger partial charge in [-0.25, -0.2) is 4.39 Å². The molecule has 9 nitrogen and oxygen atoms in total. The predicted molar refractivity (Wildman–Crippen MR) is 141 cm³/mol. The first kappa shape index (κ1) is 29.1. The lowest BCUT2D eigenvalue weighted by atomic mass is 9.99. The molecule has 206 valence electrons. The van der Waals surface area contributed by atoms with Crippen LogP contribution in [0.15, 0.2) is 42.5 Å². The van der Waals surface area contributed by atoms with Crippen LogP contribution in [-0.2, 0) is 33.8 Å². The second-order valence-corrected chi connectivity index (χ2v) is 9.58. The second-order valence-electron chi connectivity index (χ2n) is 9.58. The standard InChI is InChI=1S/C28H37FN4O5/c1-2-18-6-5-7-19(10-18)16-31-17-25(34)23-13-20-11-21(29)14-22(12-20)38-9-4-3-8-27(36)32-24(15-26(30)35)28(37)33-23/h5-7,10-12,14,23-25,31,34H,2-4,8-9,13,15-17H2,1H3,(H2,30,35)(H,32,36)(H,33,37)/t23-,24?,25+/m0/s1. The summed E-state index contributed by atoms with van der Waals surface area (Å²) in [6.45, 7) is 2.99. The number of aliphatic hydroxyl groups excluding tert-OH is 1. The fourth-order valence-electron chi connectivity index (χ4n) is 4.36. The lowest BCUT2D eigenvalue weighted by Crippen LogP contribution is -2.55. The van der Waals surface area contributed by atoms with Gasteiger partial charge in [0.2, 0.25) is 17.7 Å². The normalized spacial score (nSPS) is 19.8. The number of benzene rings is 2. The van der Waals surface area contributed by atoms with Crippen LogP contribution in [-0.4, -0.2) is 54.2 Å². The molecule has 2 aromatic carbocycles. The summed E-state index contributed by atoms with van der Waals surface area (Å²) in [6, 6.07) is 10.3. The van der Waals surface area contributed by atoms with Crippen molar-refractivity contribution in [3.8, 4) is 5.75 Å². The highest BCUT2D eigenvalue weighted by Gasteiger charge is 2.28. The van der Waals surface area contributed by atoms with E-state index in [1.165, 1.54) is 17.7 Å². The molecule has 38 heavy (non-hydrogen) atoms. The number of halogens is 1. The summed E-state index contributed by atoms with van der Waals surface area (Å²) >= 11 is 0. The molecule has 3 atom stereocenters. The second kappa shape index (κ2) is 14.4. The number of nitrogens with two attached hydrogens (primary N) is 1. The van der Waals surface area contributed by atoms with Crippen molar-refractivity contribution < 1.29 is 28.6 Å². The summed E-state index contributed by atoms with van der Waals surface area (Å²) in [5.74, 6) is -1.97. The van der Waals surface area contributed by atoms with Crippen LogP contribution in [0, 0.1) is 5.82 Å². The van der Waals surface area contributed by atoms with E-state index in [0.29, 0.717) is 30.7 Å². The fourth-order valence-corrected chi connectivity index (χ4v) is 4.36. The molecule has 6 N–H and O–H groups in total. The van der Waals surface area contributed by atoms with Crippen LogP contribution in [0.1, 0.15) is 49.3 Å². The van der Waals surface area contributed by atoms with Crippen LogP contribution >= 0.6 is 0 Å². The van der Waals surface area contributed by atoms with Gasteiger partial charge in [-0.05, 0) is 54.5 Å². The first-order valence-electron chi connectivity index (χ1n) is 13.0. The van der Waals surface area contributed by atoms with Crippen LogP contribution in [0.5, 0.6) is 5.75 Å². The maximum atomic E-state index is 14.4. The number of aliphatic hydroxyl groups is 1. The largest absolute Gasteiger partial charge is 0.493 e. The molecule has 0 saturated carbocycles. The minimum Gasteiger partial charge on any atom is -0.493 e. The van der Waals surface area contributed by atoms with Gasteiger partial charge in [0.1, 0.15) is 17.6 Å². The van der Waals surface area contributed by atoms with E-state index in [9.17, 15) is 23.9 Å². The molecule has 0 spiro atoms. The number of carbonyl (C=O) groups excluding carboxylic acids is 3. The fraction of sp³-hybridized carbons (Fsp3) is 0.464. The number of fused-ring (bicyclic) bond motifs is 2. The monoisotopic (exact) mass is 528 g/mol. The Bertz CT molecular complexity index is 1110.